The molecule has 0 aliphatic heterocycles. The van der Waals surface area contributed by atoms with Gasteiger partial charge in [-0.15, -0.1) is 11.3 Å². The fraction of sp³-hybridized carbons (Fsp3) is 0.462. The Balaban J connectivity index is 1.71. The predicted octanol–water partition coefficient (Wildman–Crippen LogP) is 2.42. The number of carbonyl (C=O) groups excluding carboxylic acids is 1. The van der Waals surface area contributed by atoms with Gasteiger partial charge in [-0.05, 0) is 38.7 Å². The van der Waals surface area contributed by atoms with Gasteiger partial charge in [0.15, 0.2) is 5.13 Å². The Morgan fingerprint density at radius 1 is 1.47 bits per heavy atom. The molecule has 0 saturated heterocycles. The summed E-state index contributed by atoms with van der Waals surface area (Å²) in [5.41, 5.74) is 1.17. The molecular weight excluding hydrogens is 260 g/mol. The second-order valence-corrected chi connectivity index (χ2v) is 5.83. The van der Waals surface area contributed by atoms with Crippen LogP contribution in [0.2, 0.25) is 0 Å². The lowest BCUT2D eigenvalue weighted by atomic mass is 10.0. The highest BCUT2D eigenvalue weighted by molar-refractivity contribution is 7.15. The molecule has 0 fully saturated rings. The van der Waals surface area contributed by atoms with Crippen LogP contribution in [-0.4, -0.2) is 20.7 Å². The molecule has 0 spiro atoms. The Bertz CT molecular complexity index is 552. The van der Waals surface area contributed by atoms with Gasteiger partial charge in [0.1, 0.15) is 6.04 Å². The summed E-state index contributed by atoms with van der Waals surface area (Å²) in [6.45, 7) is 1.83. The van der Waals surface area contributed by atoms with Crippen LogP contribution in [0.25, 0.3) is 0 Å². The molecule has 1 N–H and O–H groups in total. The molecule has 5 nitrogen and oxygen atoms in total. The van der Waals surface area contributed by atoms with Crippen molar-refractivity contribution in [1.29, 1.82) is 0 Å². The zero-order valence-corrected chi connectivity index (χ0v) is 11.6. The lowest BCUT2D eigenvalue weighted by Gasteiger charge is -2.10. The topological polar surface area (TPSA) is 59.8 Å². The molecule has 2 aromatic rings. The van der Waals surface area contributed by atoms with Crippen molar-refractivity contribution in [2.24, 2.45) is 0 Å². The lowest BCUT2D eigenvalue weighted by molar-refractivity contribution is -0.119. The summed E-state index contributed by atoms with van der Waals surface area (Å²) < 4.78 is 1.64. The van der Waals surface area contributed by atoms with E-state index in [1.807, 2.05) is 13.0 Å². The minimum Gasteiger partial charge on any atom is -0.300 e. The highest BCUT2D eigenvalue weighted by Gasteiger charge is 2.19. The van der Waals surface area contributed by atoms with Gasteiger partial charge in [0.25, 0.3) is 5.91 Å². The number of anilines is 1. The van der Waals surface area contributed by atoms with Crippen LogP contribution in [0.15, 0.2) is 18.5 Å². The molecule has 1 aliphatic rings. The molecule has 0 radical (unpaired) electrons. The molecule has 0 bridgehead atoms. The summed E-state index contributed by atoms with van der Waals surface area (Å²) in [5, 5.41) is 7.70. The van der Waals surface area contributed by atoms with E-state index in [1.54, 1.807) is 28.4 Å². The Morgan fingerprint density at radius 3 is 3.05 bits per heavy atom. The summed E-state index contributed by atoms with van der Waals surface area (Å²) in [6, 6.07) is 1.49. The Morgan fingerprint density at radius 2 is 2.32 bits per heavy atom. The van der Waals surface area contributed by atoms with Crippen molar-refractivity contribution in [3.05, 3.63) is 29.0 Å². The summed E-state index contributed by atoms with van der Waals surface area (Å²) in [5.74, 6) is -0.0743. The third-order valence-corrected chi connectivity index (χ3v) is 4.45. The maximum Gasteiger partial charge on any atom is 0.250 e. The summed E-state index contributed by atoms with van der Waals surface area (Å²) in [6.07, 6.45) is 8.02. The van der Waals surface area contributed by atoms with E-state index < -0.39 is 0 Å². The third-order valence-electron chi connectivity index (χ3n) is 3.38. The van der Waals surface area contributed by atoms with Gasteiger partial charge < -0.3 is 5.32 Å². The SMILES string of the molecule is CC(C(=O)Nc1nc2c(s1)CCCC2)n1cccn1. The first-order valence-corrected chi connectivity index (χ1v) is 7.34. The highest BCUT2D eigenvalue weighted by atomic mass is 32.1. The number of rotatable bonds is 3. The summed E-state index contributed by atoms with van der Waals surface area (Å²) >= 11 is 1.61. The van der Waals surface area contributed by atoms with Crippen molar-refractivity contribution in [1.82, 2.24) is 14.8 Å². The van der Waals surface area contributed by atoms with E-state index in [0.717, 1.165) is 18.0 Å². The average molecular weight is 276 g/mol. The van der Waals surface area contributed by atoms with Gasteiger partial charge in [0.05, 0.1) is 5.69 Å². The summed E-state index contributed by atoms with van der Waals surface area (Å²) in [7, 11) is 0. The van der Waals surface area contributed by atoms with Crippen LogP contribution in [0.1, 0.15) is 36.4 Å². The standard InChI is InChI=1S/C13H16N4OS/c1-9(17-8-4-7-14-17)12(18)16-13-15-10-5-2-3-6-11(10)19-13/h4,7-9H,2-3,5-6H2,1H3,(H,15,16,18). The van der Waals surface area contributed by atoms with Crippen molar-refractivity contribution in [2.45, 2.75) is 38.6 Å². The second-order valence-electron chi connectivity index (χ2n) is 4.75. The van der Waals surface area contributed by atoms with E-state index in [1.165, 1.54) is 23.4 Å². The highest BCUT2D eigenvalue weighted by Crippen LogP contribution is 2.29. The number of thiazole rings is 1. The zero-order valence-electron chi connectivity index (χ0n) is 10.8. The smallest absolute Gasteiger partial charge is 0.250 e. The van der Waals surface area contributed by atoms with Crippen molar-refractivity contribution in [3.8, 4) is 0 Å². The van der Waals surface area contributed by atoms with Gasteiger partial charge in [-0.3, -0.25) is 9.48 Å². The monoisotopic (exact) mass is 276 g/mol. The molecule has 3 rings (SSSR count). The lowest BCUT2D eigenvalue weighted by Crippen LogP contribution is -2.23. The molecular formula is C13H16N4OS. The van der Waals surface area contributed by atoms with Gasteiger partial charge in [0.2, 0.25) is 0 Å². The number of nitrogens with one attached hydrogen (secondary N) is 1. The van der Waals surface area contributed by atoms with E-state index >= 15 is 0 Å². The Hall–Kier alpha value is -1.69. The molecule has 100 valence electrons. The molecule has 1 aliphatic carbocycles. The number of amides is 1. The molecule has 1 amide bonds. The third kappa shape index (κ3) is 2.53. The molecule has 19 heavy (non-hydrogen) atoms. The second kappa shape index (κ2) is 5.13. The van der Waals surface area contributed by atoms with Crippen molar-refractivity contribution in [3.63, 3.8) is 0 Å². The van der Waals surface area contributed by atoms with Crippen LogP contribution in [0.4, 0.5) is 5.13 Å². The molecule has 0 aromatic carbocycles. The molecule has 6 heteroatoms. The van der Waals surface area contributed by atoms with Crippen LogP contribution in [0.3, 0.4) is 0 Å². The summed E-state index contributed by atoms with van der Waals surface area (Å²) in [4.78, 5) is 18.0. The van der Waals surface area contributed by atoms with E-state index in [4.69, 9.17) is 0 Å². The van der Waals surface area contributed by atoms with Gasteiger partial charge in [0, 0.05) is 17.3 Å². The van der Waals surface area contributed by atoms with Crippen molar-refractivity contribution in [2.75, 3.05) is 5.32 Å². The quantitative estimate of drug-likeness (QED) is 0.936. The van der Waals surface area contributed by atoms with Crippen molar-refractivity contribution >= 4 is 22.4 Å². The Kier molecular flexibility index (Phi) is 3.33. The molecule has 1 atom stereocenters. The van der Waals surface area contributed by atoms with Gasteiger partial charge in [-0.1, -0.05) is 0 Å². The average Bonchev–Trinajstić information content (AvgIpc) is 3.06. The van der Waals surface area contributed by atoms with Crippen LogP contribution in [-0.2, 0) is 17.6 Å². The largest absolute Gasteiger partial charge is 0.300 e. The number of fused-ring (bicyclic) bond motifs is 1. The fourth-order valence-corrected chi connectivity index (χ4v) is 3.30. The maximum atomic E-state index is 12.1. The normalized spacial score (nSPS) is 15.8. The number of hydrogen-bond acceptors (Lipinski definition) is 4. The number of carbonyl (C=O) groups is 1. The van der Waals surface area contributed by atoms with E-state index in [9.17, 15) is 4.79 Å². The van der Waals surface area contributed by atoms with Gasteiger partial charge in [-0.25, -0.2) is 4.98 Å². The van der Waals surface area contributed by atoms with Crippen LogP contribution >= 0.6 is 11.3 Å². The van der Waals surface area contributed by atoms with Crippen LogP contribution in [0, 0.1) is 0 Å². The number of aromatic nitrogens is 3. The maximum absolute atomic E-state index is 12.1. The predicted molar refractivity (Wildman–Crippen MR) is 74.3 cm³/mol. The first-order chi connectivity index (χ1) is 9.24. The number of nitrogens with zero attached hydrogens (tertiary/aromatic N) is 3. The van der Waals surface area contributed by atoms with Crippen LogP contribution < -0.4 is 5.32 Å². The first-order valence-electron chi connectivity index (χ1n) is 6.52. The van der Waals surface area contributed by atoms with Gasteiger partial charge >= 0.3 is 0 Å². The molecule has 0 saturated carbocycles. The number of aryl methyl sites for hydroxylation is 2. The van der Waals surface area contributed by atoms with Crippen LogP contribution in [0.5, 0.6) is 0 Å². The molecule has 1 unspecified atom stereocenters. The van der Waals surface area contributed by atoms with Gasteiger partial charge in [-0.2, -0.15) is 5.10 Å². The fourth-order valence-electron chi connectivity index (χ4n) is 2.25. The Labute approximate surface area is 115 Å². The van der Waals surface area contributed by atoms with E-state index in [-0.39, 0.29) is 11.9 Å². The molecule has 2 aromatic heterocycles. The van der Waals surface area contributed by atoms with Crippen molar-refractivity contribution < 1.29 is 4.79 Å². The minimum absolute atomic E-state index is 0.0743. The zero-order chi connectivity index (χ0) is 13.2. The molecule has 2 heterocycles. The number of hydrogen-bond donors (Lipinski definition) is 1. The first kappa shape index (κ1) is 12.3. The van der Waals surface area contributed by atoms with E-state index in [0.29, 0.717) is 0 Å². The van der Waals surface area contributed by atoms with E-state index in [2.05, 4.69) is 15.4 Å². The minimum atomic E-state index is -0.323.